The van der Waals surface area contributed by atoms with Gasteiger partial charge in [-0.1, -0.05) is 24.3 Å². The van der Waals surface area contributed by atoms with E-state index in [2.05, 4.69) is 15.3 Å². The number of amides is 2. The number of aromatic amines is 1. The standard InChI is InChI=1S/C21H20N4O3/c26-19(12-11-18-22-15-7-2-1-6-14(15)21(28)24-18)23-16-8-3-4-9-17(16)25-13-5-10-20(25)27/h1-4,6-9H,5,10-13H2,(H,23,26)(H,22,24,28). The Bertz CT molecular complexity index is 1110. The number of fused-ring (bicyclic) bond motifs is 1. The summed E-state index contributed by atoms with van der Waals surface area (Å²) in [7, 11) is 0. The fourth-order valence-corrected chi connectivity index (χ4v) is 3.42. The van der Waals surface area contributed by atoms with Gasteiger partial charge in [-0.05, 0) is 30.7 Å². The van der Waals surface area contributed by atoms with Crippen LogP contribution in [0.25, 0.3) is 10.9 Å². The topological polar surface area (TPSA) is 95.2 Å². The van der Waals surface area contributed by atoms with Crippen LogP contribution >= 0.6 is 0 Å². The first kappa shape index (κ1) is 17.9. The predicted octanol–water partition coefficient (Wildman–Crippen LogP) is 2.62. The number of nitrogens with zero attached hydrogens (tertiary/aromatic N) is 2. The van der Waals surface area contributed by atoms with E-state index in [-0.39, 0.29) is 23.8 Å². The number of aryl methyl sites for hydroxylation is 1. The first-order valence-corrected chi connectivity index (χ1v) is 9.29. The van der Waals surface area contributed by atoms with E-state index in [1.807, 2.05) is 24.3 Å². The molecule has 0 bridgehead atoms. The van der Waals surface area contributed by atoms with Gasteiger partial charge in [-0.15, -0.1) is 0 Å². The molecule has 1 saturated heterocycles. The van der Waals surface area contributed by atoms with Gasteiger partial charge in [-0.25, -0.2) is 4.98 Å². The minimum Gasteiger partial charge on any atom is -0.324 e. The molecule has 1 aliphatic rings. The maximum atomic E-state index is 12.4. The summed E-state index contributed by atoms with van der Waals surface area (Å²) >= 11 is 0. The van der Waals surface area contributed by atoms with Crippen molar-refractivity contribution < 1.29 is 9.59 Å². The van der Waals surface area contributed by atoms with E-state index in [9.17, 15) is 14.4 Å². The molecule has 4 rings (SSSR count). The Kier molecular flexibility index (Phi) is 4.89. The third kappa shape index (κ3) is 3.64. The van der Waals surface area contributed by atoms with Crippen LogP contribution < -0.4 is 15.8 Å². The highest BCUT2D eigenvalue weighted by molar-refractivity contribution is 6.02. The van der Waals surface area contributed by atoms with E-state index < -0.39 is 0 Å². The fourth-order valence-electron chi connectivity index (χ4n) is 3.42. The van der Waals surface area contributed by atoms with Crippen molar-refractivity contribution in [3.63, 3.8) is 0 Å². The molecule has 28 heavy (non-hydrogen) atoms. The third-order valence-corrected chi connectivity index (χ3v) is 4.79. The number of carbonyl (C=O) groups is 2. The number of benzene rings is 2. The summed E-state index contributed by atoms with van der Waals surface area (Å²) in [5, 5.41) is 3.41. The van der Waals surface area contributed by atoms with Crippen molar-refractivity contribution in [3.05, 3.63) is 64.7 Å². The van der Waals surface area contributed by atoms with Crippen LogP contribution in [0.5, 0.6) is 0 Å². The van der Waals surface area contributed by atoms with Gasteiger partial charge < -0.3 is 15.2 Å². The van der Waals surface area contributed by atoms with Crippen molar-refractivity contribution in [2.24, 2.45) is 0 Å². The maximum absolute atomic E-state index is 12.4. The van der Waals surface area contributed by atoms with Gasteiger partial charge in [0.1, 0.15) is 5.82 Å². The zero-order valence-electron chi connectivity index (χ0n) is 15.3. The van der Waals surface area contributed by atoms with Gasteiger partial charge in [-0.3, -0.25) is 14.4 Å². The maximum Gasteiger partial charge on any atom is 0.258 e. The first-order chi connectivity index (χ1) is 13.6. The van der Waals surface area contributed by atoms with E-state index in [1.165, 1.54) is 0 Å². The Labute approximate surface area is 161 Å². The number of hydrogen-bond acceptors (Lipinski definition) is 4. The van der Waals surface area contributed by atoms with E-state index >= 15 is 0 Å². The van der Waals surface area contributed by atoms with E-state index in [1.54, 1.807) is 29.2 Å². The summed E-state index contributed by atoms with van der Waals surface area (Å²) in [6.45, 7) is 0.661. The highest BCUT2D eigenvalue weighted by Crippen LogP contribution is 2.29. The first-order valence-electron chi connectivity index (χ1n) is 9.29. The van der Waals surface area contributed by atoms with Gasteiger partial charge in [0.15, 0.2) is 0 Å². The molecular formula is C21H20N4O3. The second-order valence-electron chi connectivity index (χ2n) is 6.74. The molecule has 2 heterocycles. The van der Waals surface area contributed by atoms with Crippen molar-refractivity contribution in [1.29, 1.82) is 0 Å². The zero-order valence-corrected chi connectivity index (χ0v) is 15.3. The highest BCUT2D eigenvalue weighted by Gasteiger charge is 2.24. The Balaban J connectivity index is 1.46. The Morgan fingerprint density at radius 3 is 2.71 bits per heavy atom. The summed E-state index contributed by atoms with van der Waals surface area (Å²) in [6, 6.07) is 14.4. The molecule has 2 aromatic carbocycles. The van der Waals surface area contributed by atoms with Crippen LogP contribution in [0.3, 0.4) is 0 Å². The van der Waals surface area contributed by atoms with Crippen LogP contribution in [0.15, 0.2) is 53.3 Å². The molecule has 2 N–H and O–H groups in total. The van der Waals surface area contributed by atoms with Gasteiger partial charge in [0, 0.05) is 25.8 Å². The van der Waals surface area contributed by atoms with Crippen molar-refractivity contribution in [2.75, 3.05) is 16.8 Å². The second kappa shape index (κ2) is 7.64. The van der Waals surface area contributed by atoms with Crippen LogP contribution in [0, 0.1) is 0 Å². The molecule has 142 valence electrons. The van der Waals surface area contributed by atoms with Crippen molar-refractivity contribution in [2.45, 2.75) is 25.7 Å². The number of para-hydroxylation sites is 3. The lowest BCUT2D eigenvalue weighted by Gasteiger charge is -2.19. The van der Waals surface area contributed by atoms with E-state index in [4.69, 9.17) is 0 Å². The van der Waals surface area contributed by atoms with Gasteiger partial charge in [0.05, 0.1) is 22.3 Å². The molecule has 2 amide bonds. The monoisotopic (exact) mass is 376 g/mol. The average molecular weight is 376 g/mol. The normalized spacial score (nSPS) is 13.9. The lowest BCUT2D eigenvalue weighted by atomic mass is 10.2. The minimum absolute atomic E-state index is 0.0691. The molecular weight excluding hydrogens is 356 g/mol. The molecule has 0 atom stereocenters. The molecule has 3 aromatic rings. The Morgan fingerprint density at radius 1 is 1.11 bits per heavy atom. The van der Waals surface area contributed by atoms with Gasteiger partial charge in [0.25, 0.3) is 5.56 Å². The molecule has 0 unspecified atom stereocenters. The Hall–Kier alpha value is -3.48. The minimum atomic E-state index is -0.209. The van der Waals surface area contributed by atoms with Crippen LogP contribution in [0.4, 0.5) is 11.4 Å². The third-order valence-electron chi connectivity index (χ3n) is 4.79. The molecule has 0 spiro atoms. The van der Waals surface area contributed by atoms with Crippen molar-refractivity contribution >= 4 is 34.1 Å². The summed E-state index contributed by atoms with van der Waals surface area (Å²) in [5.41, 5.74) is 1.73. The smallest absolute Gasteiger partial charge is 0.258 e. The van der Waals surface area contributed by atoms with Gasteiger partial charge >= 0.3 is 0 Å². The lowest BCUT2D eigenvalue weighted by Crippen LogP contribution is -2.25. The summed E-state index contributed by atoms with van der Waals surface area (Å²) in [4.78, 5) is 45.5. The largest absolute Gasteiger partial charge is 0.324 e. The molecule has 0 radical (unpaired) electrons. The molecule has 1 aromatic heterocycles. The average Bonchev–Trinajstić information content (AvgIpc) is 3.13. The highest BCUT2D eigenvalue weighted by atomic mass is 16.2. The second-order valence-corrected chi connectivity index (χ2v) is 6.74. The van der Waals surface area contributed by atoms with Crippen LogP contribution in [0.2, 0.25) is 0 Å². The van der Waals surface area contributed by atoms with Crippen LogP contribution in [-0.2, 0) is 16.0 Å². The SMILES string of the molecule is O=C(CCc1nc2ccccc2c(=O)[nH]1)Nc1ccccc1N1CCCC1=O. The number of hydrogen-bond donors (Lipinski definition) is 2. The molecule has 1 fully saturated rings. The Morgan fingerprint density at radius 2 is 1.89 bits per heavy atom. The number of aromatic nitrogens is 2. The number of rotatable bonds is 5. The van der Waals surface area contributed by atoms with Crippen LogP contribution in [-0.4, -0.2) is 28.3 Å². The fraction of sp³-hybridized carbons (Fsp3) is 0.238. The molecule has 7 heteroatoms. The molecule has 0 saturated carbocycles. The van der Waals surface area contributed by atoms with E-state index in [0.717, 1.165) is 12.1 Å². The van der Waals surface area contributed by atoms with Crippen LogP contribution in [0.1, 0.15) is 25.1 Å². The molecule has 7 nitrogen and oxygen atoms in total. The number of H-pyrrole nitrogens is 1. The van der Waals surface area contributed by atoms with Crippen molar-refractivity contribution in [1.82, 2.24) is 9.97 Å². The number of anilines is 2. The van der Waals surface area contributed by atoms with Gasteiger partial charge in [0.2, 0.25) is 11.8 Å². The predicted molar refractivity (Wildman–Crippen MR) is 107 cm³/mol. The summed E-state index contributed by atoms with van der Waals surface area (Å²) < 4.78 is 0. The lowest BCUT2D eigenvalue weighted by molar-refractivity contribution is -0.117. The van der Waals surface area contributed by atoms with E-state index in [0.29, 0.717) is 41.8 Å². The zero-order chi connectivity index (χ0) is 19.5. The summed E-state index contributed by atoms with van der Waals surface area (Å²) in [6.07, 6.45) is 1.84. The van der Waals surface area contributed by atoms with Gasteiger partial charge in [-0.2, -0.15) is 0 Å². The summed E-state index contributed by atoms with van der Waals surface area (Å²) in [5.74, 6) is 0.344. The quantitative estimate of drug-likeness (QED) is 0.716. The molecule has 1 aliphatic heterocycles. The number of nitrogens with one attached hydrogen (secondary N) is 2. The number of carbonyl (C=O) groups excluding carboxylic acids is 2. The van der Waals surface area contributed by atoms with Crippen molar-refractivity contribution in [3.8, 4) is 0 Å². The molecule has 0 aliphatic carbocycles.